The molecule has 1 unspecified atom stereocenters. The number of nitrogens with zero attached hydrogens (tertiary/aromatic N) is 5. The van der Waals surface area contributed by atoms with E-state index in [-0.39, 0.29) is 17.2 Å². The summed E-state index contributed by atoms with van der Waals surface area (Å²) >= 11 is 0. The van der Waals surface area contributed by atoms with Gasteiger partial charge < -0.3 is 31.8 Å². The Balaban J connectivity index is 0.917. The van der Waals surface area contributed by atoms with Crippen LogP contribution in [0.4, 0.5) is 11.5 Å². The molecule has 0 spiro atoms. The molecule has 1 saturated carbocycles. The minimum atomic E-state index is -0.528. The number of rotatable bonds is 15. The summed E-state index contributed by atoms with van der Waals surface area (Å²) in [4.78, 5) is 42.2. The lowest BCUT2D eigenvalue weighted by Crippen LogP contribution is -2.53. The minimum Gasteiger partial charge on any atom is -0.383 e. The number of hydrogen-bond acceptors (Lipinski definition) is 11. The van der Waals surface area contributed by atoms with Crippen LogP contribution in [0.15, 0.2) is 101 Å². The molecule has 12 nitrogen and oxygen atoms in total. The van der Waals surface area contributed by atoms with E-state index in [1.54, 1.807) is 13.2 Å². The third-order valence-electron chi connectivity index (χ3n) is 12.6. The van der Waals surface area contributed by atoms with E-state index in [2.05, 4.69) is 111 Å². The number of piperazine rings is 1. The maximum Gasteiger partial charge on any atom is 0.227 e. The van der Waals surface area contributed by atoms with Crippen molar-refractivity contribution in [3.8, 4) is 11.1 Å². The number of nitrogens with two attached hydrogens (primary N) is 2. The van der Waals surface area contributed by atoms with Gasteiger partial charge in [-0.15, -0.1) is 0 Å². The highest BCUT2D eigenvalue weighted by molar-refractivity contribution is 6.14. The van der Waals surface area contributed by atoms with E-state index in [0.717, 1.165) is 84.4 Å². The average molecular weight is 821 g/mol. The first-order chi connectivity index (χ1) is 29.2. The van der Waals surface area contributed by atoms with Gasteiger partial charge in [0.1, 0.15) is 18.3 Å². The van der Waals surface area contributed by atoms with Gasteiger partial charge in [0.05, 0.1) is 23.9 Å². The molecule has 61 heavy (non-hydrogen) atoms. The van der Waals surface area contributed by atoms with Crippen LogP contribution < -0.4 is 27.0 Å². The van der Waals surface area contributed by atoms with Crippen LogP contribution >= 0.6 is 0 Å². The van der Waals surface area contributed by atoms with Crippen LogP contribution in [0.5, 0.6) is 0 Å². The lowest BCUT2D eigenvalue weighted by Gasteiger charge is -2.47. The fourth-order valence-electron chi connectivity index (χ4n) is 8.64. The van der Waals surface area contributed by atoms with E-state index in [0.29, 0.717) is 60.0 Å². The number of aliphatic imine (C=N–C) groups is 2. The van der Waals surface area contributed by atoms with Gasteiger partial charge in [0.2, 0.25) is 5.91 Å². The summed E-state index contributed by atoms with van der Waals surface area (Å²) in [6.45, 7) is 17.0. The summed E-state index contributed by atoms with van der Waals surface area (Å²) in [5.74, 6) is 1.07. The fraction of sp³-hybridized carbons (Fsp3) is 0.388. The van der Waals surface area contributed by atoms with Crippen LogP contribution in [0.2, 0.25) is 0 Å². The highest BCUT2D eigenvalue weighted by Crippen LogP contribution is 2.41. The van der Waals surface area contributed by atoms with Gasteiger partial charge in [0, 0.05) is 85.4 Å². The summed E-state index contributed by atoms with van der Waals surface area (Å²) in [6.07, 6.45) is 5.31. The van der Waals surface area contributed by atoms with Crippen LogP contribution in [0.1, 0.15) is 97.8 Å². The summed E-state index contributed by atoms with van der Waals surface area (Å²) in [5.41, 5.74) is 23.3. The van der Waals surface area contributed by atoms with Gasteiger partial charge in [0.15, 0.2) is 5.84 Å². The third-order valence-corrected chi connectivity index (χ3v) is 12.6. The van der Waals surface area contributed by atoms with Crippen molar-refractivity contribution in [2.24, 2.45) is 21.1 Å². The third kappa shape index (κ3) is 9.66. The minimum absolute atomic E-state index is 0.0473. The molecule has 0 radical (unpaired) electrons. The number of carbonyl (C=O) groups is 2. The van der Waals surface area contributed by atoms with E-state index in [9.17, 15) is 9.59 Å². The SMILES string of the molecule is C=C(N[C@H](N)c1ccc(C(=N)c2cc(-c3ccc(N4CCN(C5CC(c6ccc(C(CCC=O)C(=O)NC)cc6)C5)CC4)cc3)cnc2N)cc1C)C1=NCC(C(C)(C)C)=N1. The van der Waals surface area contributed by atoms with Crippen molar-refractivity contribution in [3.63, 3.8) is 0 Å². The van der Waals surface area contributed by atoms with Gasteiger partial charge in [0.25, 0.3) is 0 Å². The molecule has 2 fully saturated rings. The zero-order valence-electron chi connectivity index (χ0n) is 36.2. The van der Waals surface area contributed by atoms with Gasteiger partial charge >= 0.3 is 0 Å². The number of aldehydes is 1. The number of hydrogen-bond donors (Lipinski definition) is 5. The normalized spacial score (nSPS) is 19.0. The van der Waals surface area contributed by atoms with Gasteiger partial charge in [-0.25, -0.2) is 9.98 Å². The highest BCUT2D eigenvalue weighted by atomic mass is 16.1. The second-order valence-corrected chi connectivity index (χ2v) is 17.6. The first kappa shape index (κ1) is 43.1. The quantitative estimate of drug-likeness (QED) is 0.0489. The average Bonchev–Trinajstić information content (AvgIpc) is 3.76. The number of pyridine rings is 1. The smallest absolute Gasteiger partial charge is 0.227 e. The first-order valence-corrected chi connectivity index (χ1v) is 21.4. The molecule has 1 amide bonds. The lowest BCUT2D eigenvalue weighted by atomic mass is 9.74. The molecule has 318 valence electrons. The van der Waals surface area contributed by atoms with E-state index in [1.807, 2.05) is 31.2 Å². The van der Waals surface area contributed by atoms with Crippen LogP contribution in [-0.4, -0.2) is 85.1 Å². The van der Waals surface area contributed by atoms with Gasteiger partial charge in [-0.2, -0.15) is 0 Å². The fourth-order valence-corrected chi connectivity index (χ4v) is 8.64. The Morgan fingerprint density at radius 1 is 1.00 bits per heavy atom. The molecule has 2 atom stereocenters. The Hall–Kier alpha value is -5.98. The number of amides is 1. The van der Waals surface area contributed by atoms with Crippen molar-refractivity contribution in [2.45, 2.75) is 77.4 Å². The van der Waals surface area contributed by atoms with Crippen molar-refractivity contribution >= 4 is 41.0 Å². The monoisotopic (exact) mass is 820 g/mol. The molecule has 4 aromatic rings. The molecule has 12 heteroatoms. The molecule has 7 N–H and O–H groups in total. The number of benzene rings is 3. The topological polar surface area (TPSA) is 178 Å². The van der Waals surface area contributed by atoms with Gasteiger partial charge in [-0.05, 0) is 84.2 Å². The number of amidine groups is 1. The Kier molecular flexibility index (Phi) is 13.0. The number of aromatic nitrogens is 1. The van der Waals surface area contributed by atoms with Gasteiger partial charge in [-0.1, -0.05) is 75.9 Å². The summed E-state index contributed by atoms with van der Waals surface area (Å²) in [7, 11) is 1.64. The number of aryl methyl sites for hydroxylation is 1. The standard InChI is InChI=1S/C49H60N10O2/c1-30-24-35(15-18-40(30)46(52)56-31(2)47-55-29-43(57-47)49(3,4)5)44(50)42-27-37(28-54-45(42)51)33-13-16-38(17-14-33)58-19-21-59(22-20-58)39-25-36(26-39)32-9-11-34(12-10-32)41(8-7-23-60)48(61)53-6/h9-18,23-24,27-28,36,39,41,46,50,56H,2,7-8,19-22,25-26,29,52H2,1,3-6H3,(H2,51,54)(H,53,61)/t36?,39?,41?,46-/m0/s1. The van der Waals surface area contributed by atoms with Crippen molar-refractivity contribution in [3.05, 3.63) is 125 Å². The molecular weight excluding hydrogens is 761 g/mol. The molecule has 3 aromatic carbocycles. The van der Waals surface area contributed by atoms with E-state index in [1.165, 1.54) is 11.3 Å². The zero-order valence-corrected chi connectivity index (χ0v) is 36.2. The second kappa shape index (κ2) is 18.3. The molecule has 1 aliphatic carbocycles. The summed E-state index contributed by atoms with van der Waals surface area (Å²) in [6, 6.07) is 25.4. The van der Waals surface area contributed by atoms with Crippen LogP contribution in [-0.2, 0) is 9.59 Å². The number of likely N-dealkylation sites (N-methyl/N-ethyl adjacent to an activating group) is 1. The van der Waals surface area contributed by atoms with Crippen molar-refractivity contribution in [2.75, 3.05) is 50.4 Å². The van der Waals surface area contributed by atoms with E-state index >= 15 is 0 Å². The van der Waals surface area contributed by atoms with Crippen LogP contribution in [0.3, 0.4) is 0 Å². The molecule has 3 aliphatic rings. The molecular formula is C49H60N10O2. The molecule has 0 bridgehead atoms. The maximum atomic E-state index is 12.4. The molecule has 1 aromatic heterocycles. The second-order valence-electron chi connectivity index (χ2n) is 17.6. The Morgan fingerprint density at radius 2 is 1.70 bits per heavy atom. The lowest BCUT2D eigenvalue weighted by molar-refractivity contribution is -0.122. The summed E-state index contributed by atoms with van der Waals surface area (Å²) < 4.78 is 0. The van der Waals surface area contributed by atoms with Crippen molar-refractivity contribution in [1.29, 1.82) is 5.41 Å². The number of carbonyl (C=O) groups excluding carboxylic acids is 2. The molecule has 1 saturated heterocycles. The Morgan fingerprint density at radius 3 is 2.33 bits per heavy atom. The van der Waals surface area contributed by atoms with Crippen LogP contribution in [0, 0.1) is 17.7 Å². The molecule has 3 heterocycles. The zero-order chi connectivity index (χ0) is 43.4. The predicted molar refractivity (Wildman–Crippen MR) is 248 cm³/mol. The largest absolute Gasteiger partial charge is 0.383 e. The number of anilines is 2. The Labute approximate surface area is 360 Å². The van der Waals surface area contributed by atoms with Crippen molar-refractivity contribution < 1.29 is 9.59 Å². The maximum absolute atomic E-state index is 12.4. The predicted octanol–water partition coefficient (Wildman–Crippen LogP) is 6.89. The van der Waals surface area contributed by atoms with E-state index in [4.69, 9.17) is 16.9 Å². The first-order valence-electron chi connectivity index (χ1n) is 21.4. The van der Waals surface area contributed by atoms with Gasteiger partial charge in [-0.3, -0.25) is 20.1 Å². The molecule has 2 aliphatic heterocycles. The summed E-state index contributed by atoms with van der Waals surface area (Å²) in [5, 5.41) is 15.1. The Bertz CT molecular complexity index is 2330. The van der Waals surface area contributed by atoms with Crippen LogP contribution in [0.25, 0.3) is 11.1 Å². The van der Waals surface area contributed by atoms with E-state index < -0.39 is 6.17 Å². The molecule has 7 rings (SSSR count). The number of nitrogens with one attached hydrogen (secondary N) is 3. The highest BCUT2D eigenvalue weighted by Gasteiger charge is 2.36. The number of nitrogen functional groups attached to an aromatic ring is 1. The van der Waals surface area contributed by atoms with Crippen molar-refractivity contribution in [1.82, 2.24) is 20.5 Å².